The van der Waals surface area contributed by atoms with Crippen LogP contribution in [0, 0.1) is 3.57 Å². The highest BCUT2D eigenvalue weighted by Crippen LogP contribution is 2.30. The highest BCUT2D eigenvalue weighted by molar-refractivity contribution is 14.1. The monoisotopic (exact) mass is 298 g/mol. The molecule has 0 aliphatic heterocycles. The van der Waals surface area contributed by atoms with Gasteiger partial charge in [0, 0.05) is 9.13 Å². The Kier molecular flexibility index (Phi) is 3.61. The fraction of sp³-hybridized carbons (Fsp3) is 0.250. The van der Waals surface area contributed by atoms with Crippen molar-refractivity contribution < 1.29 is 9.84 Å². The summed E-state index contributed by atoms with van der Waals surface area (Å²) in [7, 11) is 1.53. The number of ether oxygens (including phenoxy) is 1. The Morgan fingerprint density at radius 1 is 1.58 bits per heavy atom. The van der Waals surface area contributed by atoms with Crippen LogP contribution in [0.1, 0.15) is 5.56 Å². The van der Waals surface area contributed by atoms with Gasteiger partial charge in [0.15, 0.2) is 0 Å². The van der Waals surface area contributed by atoms with Gasteiger partial charge < -0.3 is 9.84 Å². The number of aliphatic hydroxyl groups excluding tert-OH is 1. The number of hydrogen-bond donors (Lipinski definition) is 1. The van der Waals surface area contributed by atoms with Gasteiger partial charge in [0.05, 0.1) is 18.7 Å². The number of methoxy groups -OCH3 is 1. The van der Waals surface area contributed by atoms with Crippen LogP contribution in [0.25, 0.3) is 0 Å². The molecule has 66 valence electrons. The van der Waals surface area contributed by atoms with Crippen LogP contribution in [-0.4, -0.2) is 12.2 Å². The van der Waals surface area contributed by atoms with E-state index in [2.05, 4.69) is 22.6 Å². The van der Waals surface area contributed by atoms with Crippen LogP contribution in [-0.2, 0) is 6.61 Å². The fourth-order valence-corrected chi connectivity index (χ4v) is 2.15. The first-order valence-electron chi connectivity index (χ1n) is 3.31. The molecule has 0 unspecified atom stereocenters. The summed E-state index contributed by atoms with van der Waals surface area (Å²) in [6.07, 6.45) is 0. The van der Waals surface area contributed by atoms with Crippen molar-refractivity contribution in [2.75, 3.05) is 7.11 Å². The van der Waals surface area contributed by atoms with Crippen molar-refractivity contribution in [2.45, 2.75) is 6.61 Å². The average molecular weight is 299 g/mol. The van der Waals surface area contributed by atoms with Gasteiger partial charge in [0.25, 0.3) is 0 Å². The Morgan fingerprint density at radius 2 is 2.25 bits per heavy atom. The van der Waals surface area contributed by atoms with Crippen LogP contribution in [0.15, 0.2) is 12.1 Å². The van der Waals surface area contributed by atoms with Gasteiger partial charge in [-0.3, -0.25) is 0 Å². The number of aliphatic hydroxyl groups is 1. The van der Waals surface area contributed by atoms with Crippen molar-refractivity contribution in [3.63, 3.8) is 0 Å². The summed E-state index contributed by atoms with van der Waals surface area (Å²) in [5.74, 6) is 0.555. The highest BCUT2D eigenvalue weighted by atomic mass is 127. The zero-order valence-electron chi connectivity index (χ0n) is 6.47. The number of hydrogen-bond acceptors (Lipinski definition) is 2. The molecule has 0 saturated heterocycles. The summed E-state index contributed by atoms with van der Waals surface area (Å²) in [5, 5.41) is 9.49. The van der Waals surface area contributed by atoms with Gasteiger partial charge in [0.1, 0.15) is 5.75 Å². The van der Waals surface area contributed by atoms with E-state index in [1.54, 1.807) is 6.07 Å². The van der Waals surface area contributed by atoms with Crippen molar-refractivity contribution in [3.8, 4) is 5.75 Å². The molecule has 0 aliphatic rings. The third-order valence-electron chi connectivity index (χ3n) is 1.46. The second-order valence-electron chi connectivity index (χ2n) is 2.24. The standard InChI is InChI=1S/C8H8ClIO2/c1-12-8-5(4-11)2-6(10)3-7(8)9/h2-3,11H,4H2,1H3. The minimum absolute atomic E-state index is 0.0558. The lowest BCUT2D eigenvalue weighted by Gasteiger charge is -2.08. The molecule has 0 heterocycles. The SMILES string of the molecule is COc1c(Cl)cc(I)cc1CO. The Labute approximate surface area is 89.6 Å². The Balaban J connectivity index is 3.24. The third-order valence-corrected chi connectivity index (χ3v) is 2.36. The first kappa shape index (κ1) is 10.1. The van der Waals surface area contributed by atoms with E-state index in [1.165, 1.54) is 7.11 Å². The van der Waals surface area contributed by atoms with Crippen LogP contribution < -0.4 is 4.74 Å². The average Bonchev–Trinajstić information content (AvgIpc) is 2.03. The predicted octanol–water partition coefficient (Wildman–Crippen LogP) is 2.45. The van der Waals surface area contributed by atoms with Gasteiger partial charge in [-0.1, -0.05) is 11.6 Å². The summed E-state index contributed by atoms with van der Waals surface area (Å²) in [4.78, 5) is 0. The largest absolute Gasteiger partial charge is 0.495 e. The quantitative estimate of drug-likeness (QED) is 0.850. The lowest BCUT2D eigenvalue weighted by molar-refractivity contribution is 0.273. The Hall–Kier alpha value is -0.0000000000000000763. The summed E-state index contributed by atoms with van der Waals surface area (Å²) < 4.78 is 6.02. The molecule has 1 N–H and O–H groups in total. The molecule has 0 bridgehead atoms. The lowest BCUT2D eigenvalue weighted by atomic mass is 10.2. The first-order valence-corrected chi connectivity index (χ1v) is 4.77. The van der Waals surface area contributed by atoms with Crippen LogP contribution >= 0.6 is 34.2 Å². The lowest BCUT2D eigenvalue weighted by Crippen LogP contribution is -1.93. The molecule has 0 aliphatic carbocycles. The van der Waals surface area contributed by atoms with Gasteiger partial charge in [-0.05, 0) is 34.7 Å². The zero-order valence-corrected chi connectivity index (χ0v) is 9.39. The van der Waals surface area contributed by atoms with E-state index in [1.807, 2.05) is 6.07 Å². The van der Waals surface area contributed by atoms with E-state index in [9.17, 15) is 0 Å². The molecular weight excluding hydrogens is 290 g/mol. The molecule has 12 heavy (non-hydrogen) atoms. The molecule has 1 rings (SSSR count). The van der Waals surface area contributed by atoms with E-state index < -0.39 is 0 Å². The number of rotatable bonds is 2. The summed E-state index contributed by atoms with van der Waals surface area (Å²) in [6.45, 7) is -0.0558. The van der Waals surface area contributed by atoms with Gasteiger partial charge in [-0.25, -0.2) is 0 Å². The summed E-state index contributed by atoms with van der Waals surface area (Å²) >= 11 is 8.01. The summed E-state index contributed by atoms with van der Waals surface area (Å²) in [5.41, 5.74) is 0.717. The van der Waals surface area contributed by atoms with E-state index >= 15 is 0 Å². The molecule has 1 aromatic carbocycles. The van der Waals surface area contributed by atoms with Crippen LogP contribution in [0.3, 0.4) is 0 Å². The maximum Gasteiger partial charge on any atom is 0.143 e. The van der Waals surface area contributed by atoms with Gasteiger partial charge in [-0.15, -0.1) is 0 Å². The molecule has 4 heteroatoms. The second kappa shape index (κ2) is 4.30. The Bertz CT molecular complexity index is 289. The summed E-state index contributed by atoms with van der Waals surface area (Å²) in [6, 6.07) is 3.63. The van der Waals surface area contributed by atoms with E-state index in [0.29, 0.717) is 10.8 Å². The zero-order chi connectivity index (χ0) is 9.14. The third kappa shape index (κ3) is 2.02. The minimum atomic E-state index is -0.0558. The topological polar surface area (TPSA) is 29.5 Å². The smallest absolute Gasteiger partial charge is 0.143 e. The Morgan fingerprint density at radius 3 is 2.75 bits per heavy atom. The molecule has 2 nitrogen and oxygen atoms in total. The molecule has 1 aromatic rings. The molecule has 0 fully saturated rings. The molecular formula is C8H8ClIO2. The van der Waals surface area contributed by atoms with Crippen molar-refractivity contribution in [1.82, 2.24) is 0 Å². The molecule has 0 aromatic heterocycles. The first-order chi connectivity index (χ1) is 5.69. The van der Waals surface area contributed by atoms with Crippen molar-refractivity contribution in [1.29, 1.82) is 0 Å². The number of halogens is 2. The maximum absolute atomic E-state index is 8.96. The van der Waals surface area contributed by atoms with E-state index in [4.69, 9.17) is 21.4 Å². The number of benzene rings is 1. The van der Waals surface area contributed by atoms with Crippen molar-refractivity contribution >= 4 is 34.2 Å². The van der Waals surface area contributed by atoms with Gasteiger partial charge in [-0.2, -0.15) is 0 Å². The maximum atomic E-state index is 8.96. The van der Waals surface area contributed by atoms with Crippen LogP contribution in [0.5, 0.6) is 5.75 Å². The molecule has 0 radical (unpaired) electrons. The molecule has 0 atom stereocenters. The normalized spacial score (nSPS) is 10.0. The predicted molar refractivity (Wildman–Crippen MR) is 56.6 cm³/mol. The van der Waals surface area contributed by atoms with E-state index in [0.717, 1.165) is 9.13 Å². The van der Waals surface area contributed by atoms with Crippen molar-refractivity contribution in [2.24, 2.45) is 0 Å². The van der Waals surface area contributed by atoms with Gasteiger partial charge >= 0.3 is 0 Å². The van der Waals surface area contributed by atoms with Crippen LogP contribution in [0.2, 0.25) is 5.02 Å². The molecule has 0 amide bonds. The fourth-order valence-electron chi connectivity index (χ4n) is 0.960. The molecule has 0 spiro atoms. The van der Waals surface area contributed by atoms with Gasteiger partial charge in [0.2, 0.25) is 0 Å². The van der Waals surface area contributed by atoms with Crippen molar-refractivity contribution in [3.05, 3.63) is 26.3 Å². The highest BCUT2D eigenvalue weighted by Gasteiger charge is 2.07. The van der Waals surface area contributed by atoms with E-state index in [-0.39, 0.29) is 6.61 Å². The second-order valence-corrected chi connectivity index (χ2v) is 3.89. The molecule has 0 saturated carbocycles. The minimum Gasteiger partial charge on any atom is -0.495 e. The van der Waals surface area contributed by atoms with Crippen LogP contribution in [0.4, 0.5) is 0 Å².